The summed E-state index contributed by atoms with van der Waals surface area (Å²) in [7, 11) is 0. The number of anilines is 1. The molecule has 1 heterocycles. The molecule has 1 fully saturated rings. The first-order valence-electron chi connectivity index (χ1n) is 8.98. The van der Waals surface area contributed by atoms with Crippen molar-refractivity contribution in [1.82, 2.24) is 0 Å². The molecule has 2 unspecified atom stereocenters. The van der Waals surface area contributed by atoms with E-state index in [0.29, 0.717) is 17.0 Å². The molecule has 0 aromatic heterocycles. The average Bonchev–Trinajstić information content (AvgIpc) is 2.94. The number of carbonyl (C=O) groups excluding carboxylic acids is 2. The van der Waals surface area contributed by atoms with E-state index in [4.69, 9.17) is 9.47 Å². The number of Topliss-reactive ketones (excluding diaryl/α,β-unsaturated/α-hetero) is 1. The minimum Gasteiger partial charge on any atom is -0.457 e. The first kappa shape index (κ1) is 17.8. The summed E-state index contributed by atoms with van der Waals surface area (Å²) in [4.78, 5) is 25.3. The van der Waals surface area contributed by atoms with Gasteiger partial charge in [-0.3, -0.25) is 4.79 Å². The van der Waals surface area contributed by atoms with Crippen LogP contribution in [0, 0.1) is 0 Å². The number of nitrogens with one attached hydrogen (secondary N) is 1. The van der Waals surface area contributed by atoms with Crippen LogP contribution in [-0.4, -0.2) is 17.8 Å². The molecule has 3 aromatic rings. The maximum atomic E-state index is 13.0. The van der Waals surface area contributed by atoms with E-state index in [0.717, 1.165) is 5.75 Å². The molecule has 28 heavy (non-hydrogen) atoms. The van der Waals surface area contributed by atoms with Crippen LogP contribution in [0.4, 0.5) is 5.69 Å². The fourth-order valence-electron chi connectivity index (χ4n) is 3.19. The number of rotatable bonds is 5. The zero-order chi connectivity index (χ0) is 19.6. The van der Waals surface area contributed by atoms with Crippen LogP contribution in [0.5, 0.6) is 11.5 Å². The Kier molecular flexibility index (Phi) is 4.57. The zero-order valence-electron chi connectivity index (χ0n) is 15.3. The molecule has 5 nitrogen and oxygen atoms in total. The lowest BCUT2D eigenvalue weighted by molar-refractivity contribution is -0.151. The maximum Gasteiger partial charge on any atom is 0.337 e. The molecule has 1 aliphatic rings. The number of ether oxygens (including phenoxy) is 2. The van der Waals surface area contributed by atoms with Gasteiger partial charge in [0.25, 0.3) is 0 Å². The van der Waals surface area contributed by atoms with Gasteiger partial charge in [-0.05, 0) is 43.3 Å². The number of hydrogen-bond acceptors (Lipinski definition) is 5. The standard InChI is InChI=1S/C23H19NO4/c1-23(16-12-14-19(15-13-16)27-18-10-6-3-7-11-18)21(25)20(22(26)28-23)24-17-8-4-2-5-9-17/h2-15,20,24H,1H3. The van der Waals surface area contributed by atoms with E-state index in [1.165, 1.54) is 0 Å². The molecule has 0 bridgehead atoms. The number of carbonyl (C=O) groups is 2. The van der Waals surface area contributed by atoms with Gasteiger partial charge in [-0.25, -0.2) is 4.79 Å². The minimum atomic E-state index is -1.34. The summed E-state index contributed by atoms with van der Waals surface area (Å²) in [6.07, 6.45) is 0. The smallest absolute Gasteiger partial charge is 0.337 e. The predicted molar refractivity (Wildman–Crippen MR) is 105 cm³/mol. The Morgan fingerprint density at radius 2 is 1.39 bits per heavy atom. The Hall–Kier alpha value is -3.60. The van der Waals surface area contributed by atoms with Crippen molar-refractivity contribution in [3.05, 3.63) is 90.5 Å². The lowest BCUT2D eigenvalue weighted by Gasteiger charge is -2.21. The molecule has 140 valence electrons. The first-order valence-corrected chi connectivity index (χ1v) is 8.98. The molecular weight excluding hydrogens is 354 g/mol. The van der Waals surface area contributed by atoms with E-state index >= 15 is 0 Å². The molecule has 1 aliphatic heterocycles. The van der Waals surface area contributed by atoms with Crippen LogP contribution < -0.4 is 10.1 Å². The van der Waals surface area contributed by atoms with Crippen LogP contribution in [0.2, 0.25) is 0 Å². The van der Waals surface area contributed by atoms with Crippen molar-refractivity contribution < 1.29 is 19.1 Å². The van der Waals surface area contributed by atoms with Crippen LogP contribution in [-0.2, 0) is 19.9 Å². The van der Waals surface area contributed by atoms with Crippen LogP contribution in [0.15, 0.2) is 84.9 Å². The second kappa shape index (κ2) is 7.19. The van der Waals surface area contributed by atoms with Gasteiger partial charge in [-0.15, -0.1) is 0 Å². The average molecular weight is 373 g/mol. The van der Waals surface area contributed by atoms with Crippen LogP contribution in [0.3, 0.4) is 0 Å². The summed E-state index contributed by atoms with van der Waals surface area (Å²) < 4.78 is 11.3. The van der Waals surface area contributed by atoms with Gasteiger partial charge in [0.15, 0.2) is 11.6 Å². The SMILES string of the molecule is CC1(c2ccc(Oc3ccccc3)cc2)OC(=O)C(Nc2ccccc2)C1=O. The third-order valence-electron chi connectivity index (χ3n) is 4.74. The van der Waals surface area contributed by atoms with Gasteiger partial charge in [0.1, 0.15) is 11.5 Å². The molecule has 0 aliphatic carbocycles. The van der Waals surface area contributed by atoms with Crippen molar-refractivity contribution in [2.75, 3.05) is 5.32 Å². The van der Waals surface area contributed by atoms with Crippen molar-refractivity contribution in [1.29, 1.82) is 0 Å². The molecule has 0 spiro atoms. The Morgan fingerprint density at radius 3 is 2.04 bits per heavy atom. The molecular formula is C23H19NO4. The minimum absolute atomic E-state index is 0.321. The monoisotopic (exact) mass is 373 g/mol. The van der Waals surface area contributed by atoms with E-state index in [-0.39, 0.29) is 5.78 Å². The van der Waals surface area contributed by atoms with E-state index in [2.05, 4.69) is 5.32 Å². The summed E-state index contributed by atoms with van der Waals surface area (Å²) in [5.41, 5.74) is -0.0493. The normalized spacial score (nSPS) is 21.2. The summed E-state index contributed by atoms with van der Waals surface area (Å²) in [6, 6.07) is 24.5. The maximum absolute atomic E-state index is 13.0. The lowest BCUT2D eigenvalue weighted by Crippen LogP contribution is -2.37. The van der Waals surface area contributed by atoms with E-state index < -0.39 is 17.6 Å². The van der Waals surface area contributed by atoms with Crippen molar-refractivity contribution in [2.45, 2.75) is 18.6 Å². The molecule has 0 radical (unpaired) electrons. The number of esters is 1. The Morgan fingerprint density at radius 1 is 0.821 bits per heavy atom. The highest BCUT2D eigenvalue weighted by Gasteiger charge is 2.53. The quantitative estimate of drug-likeness (QED) is 0.534. The van der Waals surface area contributed by atoms with Crippen LogP contribution in [0.1, 0.15) is 12.5 Å². The van der Waals surface area contributed by atoms with Crippen LogP contribution >= 0.6 is 0 Å². The largest absolute Gasteiger partial charge is 0.457 e. The van der Waals surface area contributed by atoms with Gasteiger partial charge >= 0.3 is 5.97 Å². The van der Waals surface area contributed by atoms with Crippen molar-refractivity contribution in [3.63, 3.8) is 0 Å². The second-order valence-electron chi connectivity index (χ2n) is 6.70. The van der Waals surface area contributed by atoms with Gasteiger partial charge in [-0.2, -0.15) is 0 Å². The highest BCUT2D eigenvalue weighted by Crippen LogP contribution is 2.36. The van der Waals surface area contributed by atoms with E-state index in [1.807, 2.05) is 48.5 Å². The summed E-state index contributed by atoms with van der Waals surface area (Å²) in [5, 5.41) is 2.96. The summed E-state index contributed by atoms with van der Waals surface area (Å²) in [5.74, 6) is 0.449. The van der Waals surface area contributed by atoms with Crippen molar-refractivity contribution >= 4 is 17.4 Å². The molecule has 1 N–H and O–H groups in total. The van der Waals surface area contributed by atoms with Gasteiger partial charge in [-0.1, -0.05) is 48.5 Å². The second-order valence-corrected chi connectivity index (χ2v) is 6.70. The molecule has 4 rings (SSSR count). The molecule has 2 atom stereocenters. The number of benzene rings is 3. The predicted octanol–water partition coefficient (Wildman–Crippen LogP) is 4.30. The first-order chi connectivity index (χ1) is 13.6. The lowest BCUT2D eigenvalue weighted by atomic mass is 9.90. The molecule has 5 heteroatoms. The third-order valence-corrected chi connectivity index (χ3v) is 4.74. The Balaban J connectivity index is 1.53. The molecule has 3 aromatic carbocycles. The van der Waals surface area contributed by atoms with Crippen molar-refractivity contribution in [3.8, 4) is 11.5 Å². The topological polar surface area (TPSA) is 64.6 Å². The third kappa shape index (κ3) is 3.34. The van der Waals surface area contributed by atoms with Crippen LogP contribution in [0.25, 0.3) is 0 Å². The number of hydrogen-bond donors (Lipinski definition) is 1. The molecule has 0 amide bonds. The van der Waals surface area contributed by atoms with E-state index in [9.17, 15) is 9.59 Å². The van der Waals surface area contributed by atoms with Gasteiger partial charge in [0.2, 0.25) is 5.78 Å². The number of cyclic esters (lactones) is 1. The highest BCUT2D eigenvalue weighted by molar-refractivity contribution is 6.14. The highest BCUT2D eigenvalue weighted by atomic mass is 16.6. The molecule has 1 saturated heterocycles. The fraction of sp³-hybridized carbons (Fsp3) is 0.130. The number of ketones is 1. The van der Waals surface area contributed by atoms with Gasteiger partial charge < -0.3 is 14.8 Å². The van der Waals surface area contributed by atoms with Gasteiger partial charge in [0, 0.05) is 11.3 Å². The van der Waals surface area contributed by atoms with Gasteiger partial charge in [0.05, 0.1) is 0 Å². The number of para-hydroxylation sites is 2. The summed E-state index contributed by atoms with van der Waals surface area (Å²) in [6.45, 7) is 1.62. The zero-order valence-corrected chi connectivity index (χ0v) is 15.3. The molecule has 0 saturated carbocycles. The van der Waals surface area contributed by atoms with Crippen molar-refractivity contribution in [2.24, 2.45) is 0 Å². The Bertz CT molecular complexity index is 986. The Labute approximate surface area is 162 Å². The summed E-state index contributed by atoms with van der Waals surface area (Å²) >= 11 is 0. The van der Waals surface area contributed by atoms with E-state index in [1.54, 1.807) is 43.3 Å². The fourth-order valence-corrected chi connectivity index (χ4v) is 3.19.